The minimum Gasteiger partial charge on any atom is -0.368 e. The summed E-state index contributed by atoms with van der Waals surface area (Å²) in [5.41, 5.74) is 8.01. The summed E-state index contributed by atoms with van der Waals surface area (Å²) in [4.78, 5) is 23.5. The highest BCUT2D eigenvalue weighted by Gasteiger charge is 2.28. The number of benzene rings is 1. The predicted molar refractivity (Wildman–Crippen MR) is 79.1 cm³/mol. The Morgan fingerprint density at radius 2 is 2.19 bits per heavy atom. The van der Waals surface area contributed by atoms with Gasteiger partial charge in [-0.25, -0.2) is 0 Å². The number of primary amides is 1. The number of aromatic nitrogens is 2. The smallest absolute Gasteiger partial charge is 0.239 e. The summed E-state index contributed by atoms with van der Waals surface area (Å²) in [6.45, 7) is -0.0177. The van der Waals surface area contributed by atoms with Crippen molar-refractivity contribution < 1.29 is 9.59 Å². The molecule has 0 spiro atoms. The van der Waals surface area contributed by atoms with Crippen molar-refractivity contribution in [3.05, 3.63) is 40.5 Å². The molecule has 0 aliphatic heterocycles. The van der Waals surface area contributed by atoms with E-state index in [1.807, 2.05) is 12.1 Å². The van der Waals surface area contributed by atoms with Crippen molar-refractivity contribution in [3.8, 4) is 11.3 Å². The standard InChI is InChI=1S/C15H14ClN3O2/c16-10-4-1-3-9(7-10)15-14-11(5-2-6-12(14)20)19(18-15)8-13(17)21/h1,3-4,7H,2,5-6,8H2,(H2,17,21). The number of fused-ring (bicyclic) bond motifs is 1. The van der Waals surface area contributed by atoms with Gasteiger partial charge in [0.15, 0.2) is 5.78 Å². The lowest BCUT2D eigenvalue weighted by Crippen LogP contribution is -2.22. The fourth-order valence-electron chi connectivity index (χ4n) is 2.70. The zero-order valence-corrected chi connectivity index (χ0v) is 12.1. The Morgan fingerprint density at radius 3 is 2.90 bits per heavy atom. The van der Waals surface area contributed by atoms with Gasteiger partial charge in [0.1, 0.15) is 12.2 Å². The molecule has 1 heterocycles. The number of nitrogens with zero attached hydrogens (tertiary/aromatic N) is 2. The van der Waals surface area contributed by atoms with E-state index in [9.17, 15) is 9.59 Å². The van der Waals surface area contributed by atoms with Gasteiger partial charge in [-0.2, -0.15) is 5.10 Å². The molecule has 0 saturated heterocycles. The van der Waals surface area contributed by atoms with Crippen molar-refractivity contribution in [2.75, 3.05) is 0 Å². The van der Waals surface area contributed by atoms with Crippen molar-refractivity contribution in [1.29, 1.82) is 0 Å². The maximum absolute atomic E-state index is 12.3. The van der Waals surface area contributed by atoms with E-state index in [0.29, 0.717) is 22.7 Å². The lowest BCUT2D eigenvalue weighted by Gasteiger charge is -2.12. The Labute approximate surface area is 126 Å². The summed E-state index contributed by atoms with van der Waals surface area (Å²) in [6.07, 6.45) is 2.00. The van der Waals surface area contributed by atoms with E-state index in [2.05, 4.69) is 5.10 Å². The summed E-state index contributed by atoms with van der Waals surface area (Å²) in [7, 11) is 0. The molecule has 0 bridgehead atoms. The largest absolute Gasteiger partial charge is 0.368 e. The quantitative estimate of drug-likeness (QED) is 0.944. The second-order valence-corrected chi connectivity index (χ2v) is 5.52. The molecule has 6 heteroatoms. The number of rotatable bonds is 3. The summed E-state index contributed by atoms with van der Waals surface area (Å²) < 4.78 is 1.55. The van der Waals surface area contributed by atoms with Gasteiger partial charge in [-0.05, 0) is 25.0 Å². The van der Waals surface area contributed by atoms with Crippen LogP contribution in [0.1, 0.15) is 28.9 Å². The van der Waals surface area contributed by atoms with Crippen LogP contribution in [-0.4, -0.2) is 21.5 Å². The predicted octanol–water partition coefficient (Wildman–Crippen LogP) is 2.21. The molecule has 2 aromatic rings. The molecule has 1 aromatic heterocycles. The topological polar surface area (TPSA) is 78.0 Å². The molecule has 0 atom stereocenters. The molecule has 0 fully saturated rings. The summed E-state index contributed by atoms with van der Waals surface area (Å²) >= 11 is 6.01. The van der Waals surface area contributed by atoms with Gasteiger partial charge in [0.25, 0.3) is 0 Å². The first-order chi connectivity index (χ1) is 10.1. The number of nitrogens with two attached hydrogens (primary N) is 1. The highest BCUT2D eigenvalue weighted by Crippen LogP contribution is 2.32. The zero-order valence-electron chi connectivity index (χ0n) is 11.3. The van der Waals surface area contributed by atoms with E-state index >= 15 is 0 Å². The molecule has 0 saturated carbocycles. The van der Waals surface area contributed by atoms with Crippen LogP contribution in [0.2, 0.25) is 5.02 Å². The number of Topliss-reactive ketones (excluding diaryl/α,β-unsaturated/α-hetero) is 1. The number of carbonyl (C=O) groups excluding carboxylic acids is 2. The van der Waals surface area contributed by atoms with Crippen molar-refractivity contribution in [3.63, 3.8) is 0 Å². The molecule has 0 radical (unpaired) electrons. The van der Waals surface area contributed by atoms with Crippen molar-refractivity contribution in [2.45, 2.75) is 25.8 Å². The normalized spacial score (nSPS) is 14.0. The first-order valence-corrected chi connectivity index (χ1v) is 7.11. The van der Waals surface area contributed by atoms with Gasteiger partial charge in [0.2, 0.25) is 5.91 Å². The van der Waals surface area contributed by atoms with Crippen LogP contribution in [0, 0.1) is 0 Å². The molecule has 1 aliphatic rings. The Balaban J connectivity index is 2.18. The Hall–Kier alpha value is -2.14. The van der Waals surface area contributed by atoms with Gasteiger partial charge in [0.05, 0.1) is 11.3 Å². The fraction of sp³-hybridized carbons (Fsp3) is 0.267. The highest BCUT2D eigenvalue weighted by molar-refractivity contribution is 6.30. The number of amides is 1. The van der Waals surface area contributed by atoms with Crippen LogP contribution < -0.4 is 5.73 Å². The van der Waals surface area contributed by atoms with Gasteiger partial charge in [-0.3, -0.25) is 14.3 Å². The SMILES string of the molecule is NC(=O)Cn1nc(-c2cccc(Cl)c2)c2c1CCCC2=O. The summed E-state index contributed by atoms with van der Waals surface area (Å²) in [5.74, 6) is -0.419. The molecule has 1 amide bonds. The number of carbonyl (C=O) groups is 2. The third-order valence-electron chi connectivity index (χ3n) is 3.56. The Bertz CT molecular complexity index is 737. The van der Waals surface area contributed by atoms with Crippen LogP contribution in [0.5, 0.6) is 0 Å². The number of halogens is 1. The maximum Gasteiger partial charge on any atom is 0.239 e. The van der Waals surface area contributed by atoms with Gasteiger partial charge in [-0.15, -0.1) is 0 Å². The molecular formula is C15H14ClN3O2. The van der Waals surface area contributed by atoms with Crippen molar-refractivity contribution in [2.24, 2.45) is 5.73 Å². The molecule has 21 heavy (non-hydrogen) atoms. The van der Waals surface area contributed by atoms with E-state index in [1.165, 1.54) is 0 Å². The van der Waals surface area contributed by atoms with E-state index < -0.39 is 5.91 Å². The Kier molecular flexibility index (Phi) is 3.51. The number of ketones is 1. The second-order valence-electron chi connectivity index (χ2n) is 5.08. The lowest BCUT2D eigenvalue weighted by atomic mass is 9.92. The van der Waals surface area contributed by atoms with Crippen molar-refractivity contribution >= 4 is 23.3 Å². The van der Waals surface area contributed by atoms with Gasteiger partial charge >= 0.3 is 0 Å². The fourth-order valence-corrected chi connectivity index (χ4v) is 2.89. The molecule has 1 aromatic carbocycles. The van der Waals surface area contributed by atoms with E-state index in [-0.39, 0.29) is 12.3 Å². The zero-order chi connectivity index (χ0) is 15.0. The van der Waals surface area contributed by atoms with Gasteiger partial charge in [0, 0.05) is 17.0 Å². The number of hydrogen-bond acceptors (Lipinski definition) is 3. The molecule has 0 unspecified atom stereocenters. The monoisotopic (exact) mass is 303 g/mol. The maximum atomic E-state index is 12.3. The molecule has 5 nitrogen and oxygen atoms in total. The molecular weight excluding hydrogens is 290 g/mol. The van der Waals surface area contributed by atoms with Crippen LogP contribution in [0.25, 0.3) is 11.3 Å². The average molecular weight is 304 g/mol. The molecule has 2 N–H and O–H groups in total. The summed E-state index contributed by atoms with van der Waals surface area (Å²) in [6, 6.07) is 7.19. The van der Waals surface area contributed by atoms with Gasteiger partial charge < -0.3 is 5.73 Å². The minimum absolute atomic E-state index is 0.0177. The van der Waals surface area contributed by atoms with Crippen LogP contribution in [0.3, 0.4) is 0 Å². The highest BCUT2D eigenvalue weighted by atomic mass is 35.5. The Morgan fingerprint density at radius 1 is 1.38 bits per heavy atom. The van der Waals surface area contributed by atoms with E-state index in [1.54, 1.807) is 16.8 Å². The van der Waals surface area contributed by atoms with Crippen molar-refractivity contribution in [1.82, 2.24) is 9.78 Å². The minimum atomic E-state index is -0.476. The van der Waals surface area contributed by atoms with Gasteiger partial charge in [-0.1, -0.05) is 23.7 Å². The van der Waals surface area contributed by atoms with E-state index in [0.717, 1.165) is 24.1 Å². The van der Waals surface area contributed by atoms with E-state index in [4.69, 9.17) is 17.3 Å². The molecule has 3 rings (SSSR count). The summed E-state index contributed by atoms with van der Waals surface area (Å²) in [5, 5.41) is 5.01. The molecule has 1 aliphatic carbocycles. The average Bonchev–Trinajstić information content (AvgIpc) is 2.78. The van der Waals surface area contributed by atoms with Crippen LogP contribution in [-0.2, 0) is 17.8 Å². The molecule has 108 valence electrons. The lowest BCUT2D eigenvalue weighted by molar-refractivity contribution is -0.118. The first-order valence-electron chi connectivity index (χ1n) is 6.73. The second kappa shape index (κ2) is 5.33. The van der Waals surface area contributed by atoms with Crippen LogP contribution in [0.4, 0.5) is 0 Å². The third kappa shape index (κ3) is 2.56. The number of hydrogen-bond donors (Lipinski definition) is 1. The first kappa shape index (κ1) is 13.8. The van der Waals surface area contributed by atoms with Crippen LogP contribution in [0.15, 0.2) is 24.3 Å². The third-order valence-corrected chi connectivity index (χ3v) is 3.79. The van der Waals surface area contributed by atoms with Crippen LogP contribution >= 0.6 is 11.6 Å².